The van der Waals surface area contributed by atoms with Crippen LogP contribution in [0.1, 0.15) is 55.6 Å². The molecule has 0 aliphatic heterocycles. The molecule has 0 saturated heterocycles. The number of carbonyl (C=O) groups is 1. The first-order valence-electron chi connectivity index (χ1n) is 6.74. The number of methoxy groups -OCH3 is 1. The second kappa shape index (κ2) is 6.32. The molecule has 1 heterocycles. The maximum Gasteiger partial charge on any atom is 0.305 e. The van der Waals surface area contributed by atoms with Gasteiger partial charge in [0.2, 0.25) is 0 Å². The Morgan fingerprint density at radius 2 is 2.39 bits per heavy atom. The molecule has 100 valence electrons. The number of aryl methyl sites for hydroxylation is 1. The van der Waals surface area contributed by atoms with Crippen LogP contribution in [0.15, 0.2) is 5.38 Å². The minimum absolute atomic E-state index is 0.156. The Bertz CT molecular complexity index is 402. The number of esters is 1. The fourth-order valence-electron chi connectivity index (χ4n) is 2.63. The van der Waals surface area contributed by atoms with Gasteiger partial charge in [-0.05, 0) is 25.2 Å². The van der Waals surface area contributed by atoms with E-state index in [1.807, 2.05) is 0 Å². The lowest BCUT2D eigenvalue weighted by Crippen LogP contribution is -2.02. The van der Waals surface area contributed by atoms with Crippen LogP contribution in [-0.4, -0.2) is 18.1 Å². The van der Waals surface area contributed by atoms with Crippen molar-refractivity contribution >= 4 is 17.3 Å². The zero-order valence-corrected chi connectivity index (χ0v) is 12.0. The van der Waals surface area contributed by atoms with E-state index < -0.39 is 0 Å². The molecule has 4 heteroatoms. The van der Waals surface area contributed by atoms with Crippen molar-refractivity contribution in [2.75, 3.05) is 7.11 Å². The lowest BCUT2D eigenvalue weighted by Gasteiger charge is -2.06. The largest absolute Gasteiger partial charge is 0.469 e. The van der Waals surface area contributed by atoms with Crippen molar-refractivity contribution in [1.29, 1.82) is 0 Å². The van der Waals surface area contributed by atoms with Crippen molar-refractivity contribution < 1.29 is 9.53 Å². The van der Waals surface area contributed by atoms with Crippen molar-refractivity contribution in [2.45, 2.75) is 51.4 Å². The number of nitrogens with zero attached hydrogens (tertiary/aromatic N) is 1. The van der Waals surface area contributed by atoms with Gasteiger partial charge in [0.15, 0.2) is 0 Å². The third kappa shape index (κ3) is 3.31. The van der Waals surface area contributed by atoms with Crippen LogP contribution in [0.3, 0.4) is 0 Å². The van der Waals surface area contributed by atoms with E-state index in [0.717, 1.165) is 11.6 Å². The van der Waals surface area contributed by atoms with E-state index in [1.165, 1.54) is 37.8 Å². The van der Waals surface area contributed by atoms with Gasteiger partial charge in [0.05, 0.1) is 24.2 Å². The number of hydrogen-bond acceptors (Lipinski definition) is 4. The molecule has 18 heavy (non-hydrogen) atoms. The SMILES string of the molecule is CCC1CCC(c2nc(CCC(=O)OC)cs2)C1. The van der Waals surface area contributed by atoms with E-state index in [9.17, 15) is 4.79 Å². The molecule has 1 aliphatic rings. The molecule has 1 fully saturated rings. The number of rotatable bonds is 5. The Kier molecular flexibility index (Phi) is 4.75. The summed E-state index contributed by atoms with van der Waals surface area (Å²) in [6, 6.07) is 0. The Hall–Kier alpha value is -0.900. The van der Waals surface area contributed by atoms with Crippen LogP contribution in [0.5, 0.6) is 0 Å². The third-order valence-electron chi connectivity index (χ3n) is 3.85. The summed E-state index contributed by atoms with van der Waals surface area (Å²) in [7, 11) is 1.43. The van der Waals surface area contributed by atoms with Crippen LogP contribution in [0.2, 0.25) is 0 Å². The van der Waals surface area contributed by atoms with Gasteiger partial charge in [-0.25, -0.2) is 4.98 Å². The lowest BCUT2D eigenvalue weighted by atomic mass is 10.0. The Balaban J connectivity index is 1.88. The van der Waals surface area contributed by atoms with Crippen LogP contribution < -0.4 is 0 Å². The Labute approximate surface area is 113 Å². The molecular weight excluding hydrogens is 246 g/mol. The smallest absolute Gasteiger partial charge is 0.305 e. The highest BCUT2D eigenvalue weighted by Crippen LogP contribution is 2.40. The second-order valence-electron chi connectivity index (χ2n) is 5.04. The van der Waals surface area contributed by atoms with Crippen molar-refractivity contribution in [3.8, 4) is 0 Å². The number of hydrogen-bond donors (Lipinski definition) is 0. The number of thiazole rings is 1. The van der Waals surface area contributed by atoms with Crippen molar-refractivity contribution in [2.24, 2.45) is 5.92 Å². The van der Waals surface area contributed by atoms with Gasteiger partial charge < -0.3 is 4.74 Å². The standard InChI is InChI=1S/C14H21NO2S/c1-3-10-4-5-11(8-10)14-15-12(9-18-14)6-7-13(16)17-2/h9-11H,3-8H2,1-2H3. The van der Waals surface area contributed by atoms with E-state index in [2.05, 4.69) is 22.0 Å². The molecule has 0 radical (unpaired) electrons. The zero-order chi connectivity index (χ0) is 13.0. The molecule has 1 aromatic heterocycles. The topological polar surface area (TPSA) is 39.2 Å². The van der Waals surface area contributed by atoms with Gasteiger partial charge in [0.25, 0.3) is 0 Å². The average molecular weight is 267 g/mol. The molecule has 2 atom stereocenters. The maximum absolute atomic E-state index is 11.1. The predicted octanol–water partition coefficient (Wildman–Crippen LogP) is 3.54. The first-order valence-corrected chi connectivity index (χ1v) is 7.62. The van der Waals surface area contributed by atoms with Gasteiger partial charge in [0.1, 0.15) is 0 Å². The molecule has 1 aromatic rings. The van der Waals surface area contributed by atoms with Gasteiger partial charge >= 0.3 is 5.97 Å². The molecule has 3 nitrogen and oxygen atoms in total. The monoisotopic (exact) mass is 267 g/mol. The summed E-state index contributed by atoms with van der Waals surface area (Å²) >= 11 is 1.76. The van der Waals surface area contributed by atoms with E-state index in [0.29, 0.717) is 18.8 Å². The van der Waals surface area contributed by atoms with Crippen molar-refractivity contribution in [1.82, 2.24) is 4.98 Å². The van der Waals surface area contributed by atoms with Crippen molar-refractivity contribution in [3.63, 3.8) is 0 Å². The summed E-state index contributed by atoms with van der Waals surface area (Å²) in [6.45, 7) is 2.27. The second-order valence-corrected chi connectivity index (χ2v) is 5.93. The third-order valence-corrected chi connectivity index (χ3v) is 4.91. The first kappa shape index (κ1) is 13.5. The molecule has 1 aliphatic carbocycles. The molecular formula is C14H21NO2S. The zero-order valence-electron chi connectivity index (χ0n) is 11.1. The quantitative estimate of drug-likeness (QED) is 0.766. The summed E-state index contributed by atoms with van der Waals surface area (Å²) in [5.41, 5.74) is 1.04. The summed E-state index contributed by atoms with van der Waals surface area (Å²) < 4.78 is 4.64. The first-order chi connectivity index (χ1) is 8.72. The molecule has 2 unspecified atom stereocenters. The molecule has 1 saturated carbocycles. The number of carbonyl (C=O) groups excluding carboxylic acids is 1. The molecule has 0 aromatic carbocycles. The molecule has 0 spiro atoms. The minimum Gasteiger partial charge on any atom is -0.469 e. The molecule has 0 bridgehead atoms. The van der Waals surface area contributed by atoms with Gasteiger partial charge in [-0.15, -0.1) is 11.3 Å². The highest BCUT2D eigenvalue weighted by atomic mass is 32.1. The van der Waals surface area contributed by atoms with Gasteiger partial charge in [-0.1, -0.05) is 13.3 Å². The van der Waals surface area contributed by atoms with E-state index in [-0.39, 0.29) is 5.97 Å². The number of aromatic nitrogens is 1. The van der Waals surface area contributed by atoms with Crippen LogP contribution in [-0.2, 0) is 16.0 Å². The van der Waals surface area contributed by atoms with Crippen LogP contribution in [0.4, 0.5) is 0 Å². The highest BCUT2D eigenvalue weighted by Gasteiger charge is 2.26. The van der Waals surface area contributed by atoms with Crippen LogP contribution in [0, 0.1) is 5.92 Å². The molecule has 0 N–H and O–H groups in total. The van der Waals surface area contributed by atoms with Crippen molar-refractivity contribution in [3.05, 3.63) is 16.1 Å². The van der Waals surface area contributed by atoms with Crippen LogP contribution in [0.25, 0.3) is 0 Å². The Morgan fingerprint density at radius 3 is 3.06 bits per heavy atom. The van der Waals surface area contributed by atoms with E-state index >= 15 is 0 Å². The minimum atomic E-state index is -0.156. The summed E-state index contributed by atoms with van der Waals surface area (Å²) in [5.74, 6) is 1.39. The van der Waals surface area contributed by atoms with Gasteiger partial charge in [-0.2, -0.15) is 0 Å². The van der Waals surface area contributed by atoms with E-state index in [1.54, 1.807) is 11.3 Å². The van der Waals surface area contributed by atoms with Gasteiger partial charge in [-0.3, -0.25) is 4.79 Å². The fraction of sp³-hybridized carbons (Fsp3) is 0.714. The number of ether oxygens (including phenoxy) is 1. The summed E-state index contributed by atoms with van der Waals surface area (Å²) in [6.07, 6.45) is 6.34. The highest BCUT2D eigenvalue weighted by molar-refractivity contribution is 7.09. The lowest BCUT2D eigenvalue weighted by molar-refractivity contribution is -0.140. The fourth-order valence-corrected chi connectivity index (χ4v) is 3.63. The average Bonchev–Trinajstić information content (AvgIpc) is 3.03. The summed E-state index contributed by atoms with van der Waals surface area (Å²) in [5, 5.41) is 3.36. The van der Waals surface area contributed by atoms with Gasteiger partial charge in [0, 0.05) is 17.7 Å². The normalized spacial score (nSPS) is 23.2. The Morgan fingerprint density at radius 1 is 1.56 bits per heavy atom. The maximum atomic E-state index is 11.1. The van der Waals surface area contributed by atoms with E-state index in [4.69, 9.17) is 0 Å². The molecule has 0 amide bonds. The van der Waals surface area contributed by atoms with Crippen LogP contribution >= 0.6 is 11.3 Å². The predicted molar refractivity (Wildman–Crippen MR) is 72.8 cm³/mol. The molecule has 2 rings (SSSR count). The summed E-state index contributed by atoms with van der Waals surface area (Å²) in [4.78, 5) is 15.8.